The maximum absolute atomic E-state index is 11.5. The molecule has 0 aliphatic carbocycles. The Labute approximate surface area is 91.0 Å². The van der Waals surface area contributed by atoms with Crippen LogP contribution in [0.3, 0.4) is 0 Å². The van der Waals surface area contributed by atoms with E-state index < -0.39 is 0 Å². The zero-order chi connectivity index (χ0) is 10.9. The molecule has 1 N–H and O–H groups in total. The highest BCUT2D eigenvalue weighted by atomic mass is 16.5. The number of morpholine rings is 1. The number of terminal acetylenes is 1. The summed E-state index contributed by atoms with van der Waals surface area (Å²) < 4.78 is 5.16. The highest BCUT2D eigenvalue weighted by Crippen LogP contribution is 1.97. The first-order chi connectivity index (χ1) is 7.34. The van der Waals surface area contributed by atoms with E-state index in [1.165, 1.54) is 0 Å². The average Bonchev–Trinajstić information content (AvgIpc) is 2.30. The Bertz CT molecular complexity index is 229. The quantitative estimate of drug-likeness (QED) is 0.551. The van der Waals surface area contributed by atoms with Gasteiger partial charge in [0.2, 0.25) is 0 Å². The van der Waals surface area contributed by atoms with E-state index in [1.54, 1.807) is 4.90 Å². The van der Waals surface area contributed by atoms with Crippen molar-refractivity contribution in [2.24, 2.45) is 0 Å². The third-order valence-electron chi connectivity index (χ3n) is 2.32. The molecule has 1 aliphatic heterocycles. The fourth-order valence-electron chi connectivity index (χ4n) is 1.43. The van der Waals surface area contributed by atoms with Crippen molar-refractivity contribution < 1.29 is 9.53 Å². The molecule has 0 spiro atoms. The summed E-state index contributed by atoms with van der Waals surface area (Å²) in [5.74, 6) is 2.58. The Balaban J connectivity index is 2.05. The summed E-state index contributed by atoms with van der Waals surface area (Å²) in [4.78, 5) is 13.3. The van der Waals surface area contributed by atoms with Gasteiger partial charge in [-0.05, 0) is 12.8 Å². The SMILES string of the molecule is C#CCCCCNC(=O)N1CCOCC1. The van der Waals surface area contributed by atoms with Crippen LogP contribution in [0.4, 0.5) is 4.79 Å². The predicted molar refractivity (Wildman–Crippen MR) is 58.5 cm³/mol. The van der Waals surface area contributed by atoms with E-state index in [0.717, 1.165) is 19.3 Å². The van der Waals surface area contributed by atoms with Crippen LogP contribution in [-0.4, -0.2) is 43.8 Å². The van der Waals surface area contributed by atoms with Gasteiger partial charge < -0.3 is 15.0 Å². The lowest BCUT2D eigenvalue weighted by molar-refractivity contribution is 0.0532. The minimum atomic E-state index is 0.0130. The molecule has 0 atom stereocenters. The highest BCUT2D eigenvalue weighted by molar-refractivity contribution is 5.74. The van der Waals surface area contributed by atoms with E-state index in [1.807, 2.05) is 0 Å². The van der Waals surface area contributed by atoms with Gasteiger partial charge in [0, 0.05) is 26.1 Å². The van der Waals surface area contributed by atoms with Gasteiger partial charge in [-0.15, -0.1) is 12.3 Å². The molecule has 4 nitrogen and oxygen atoms in total. The van der Waals surface area contributed by atoms with Crippen LogP contribution in [0.25, 0.3) is 0 Å². The van der Waals surface area contributed by atoms with Crippen LogP contribution in [0, 0.1) is 12.3 Å². The minimum absolute atomic E-state index is 0.0130. The molecule has 1 heterocycles. The molecule has 2 amide bonds. The number of urea groups is 1. The number of rotatable bonds is 4. The largest absolute Gasteiger partial charge is 0.378 e. The summed E-state index contributed by atoms with van der Waals surface area (Å²) in [7, 11) is 0. The second kappa shape index (κ2) is 7.13. The molecular formula is C11H18N2O2. The van der Waals surface area contributed by atoms with Gasteiger partial charge in [-0.2, -0.15) is 0 Å². The highest BCUT2D eigenvalue weighted by Gasteiger charge is 2.15. The minimum Gasteiger partial charge on any atom is -0.378 e. The van der Waals surface area contributed by atoms with Gasteiger partial charge >= 0.3 is 6.03 Å². The van der Waals surface area contributed by atoms with Crippen LogP contribution in [-0.2, 0) is 4.74 Å². The Morgan fingerprint density at radius 1 is 1.40 bits per heavy atom. The van der Waals surface area contributed by atoms with Gasteiger partial charge in [0.1, 0.15) is 0 Å². The lowest BCUT2D eigenvalue weighted by Gasteiger charge is -2.26. The number of ether oxygens (including phenoxy) is 1. The summed E-state index contributed by atoms with van der Waals surface area (Å²) in [6, 6.07) is 0.0130. The molecule has 0 aromatic rings. The number of unbranched alkanes of at least 4 members (excludes halogenated alkanes) is 2. The molecule has 1 aliphatic rings. The number of carbonyl (C=O) groups is 1. The normalized spacial score (nSPS) is 15.8. The molecule has 4 heteroatoms. The van der Waals surface area contributed by atoms with Crippen molar-refractivity contribution in [1.82, 2.24) is 10.2 Å². The molecule has 0 aromatic carbocycles. The first-order valence-electron chi connectivity index (χ1n) is 5.38. The topological polar surface area (TPSA) is 41.6 Å². The monoisotopic (exact) mass is 210 g/mol. The van der Waals surface area contributed by atoms with Crippen molar-refractivity contribution >= 4 is 6.03 Å². The Morgan fingerprint density at radius 2 is 2.13 bits per heavy atom. The van der Waals surface area contributed by atoms with Gasteiger partial charge in [-0.3, -0.25) is 0 Å². The molecular weight excluding hydrogens is 192 g/mol. The summed E-state index contributed by atoms with van der Waals surface area (Å²) in [6.45, 7) is 3.37. The van der Waals surface area contributed by atoms with Gasteiger partial charge in [0.25, 0.3) is 0 Å². The lowest BCUT2D eigenvalue weighted by atomic mass is 10.2. The Morgan fingerprint density at radius 3 is 2.80 bits per heavy atom. The number of nitrogens with one attached hydrogen (secondary N) is 1. The van der Waals surface area contributed by atoms with E-state index in [-0.39, 0.29) is 6.03 Å². The van der Waals surface area contributed by atoms with E-state index in [2.05, 4.69) is 11.2 Å². The number of carbonyl (C=O) groups excluding carboxylic acids is 1. The lowest BCUT2D eigenvalue weighted by Crippen LogP contribution is -2.46. The van der Waals surface area contributed by atoms with Crippen LogP contribution in [0.1, 0.15) is 19.3 Å². The second-order valence-electron chi connectivity index (χ2n) is 3.49. The molecule has 0 unspecified atom stereocenters. The summed E-state index contributed by atoms with van der Waals surface area (Å²) in [6.07, 6.45) is 7.83. The maximum Gasteiger partial charge on any atom is 0.317 e. The fourth-order valence-corrected chi connectivity index (χ4v) is 1.43. The first-order valence-corrected chi connectivity index (χ1v) is 5.38. The van der Waals surface area contributed by atoms with E-state index in [0.29, 0.717) is 32.8 Å². The van der Waals surface area contributed by atoms with Crippen molar-refractivity contribution in [3.8, 4) is 12.3 Å². The predicted octanol–water partition coefficient (Wildman–Crippen LogP) is 0.832. The second-order valence-corrected chi connectivity index (χ2v) is 3.49. The van der Waals surface area contributed by atoms with Crippen LogP contribution in [0.15, 0.2) is 0 Å². The van der Waals surface area contributed by atoms with Gasteiger partial charge in [0.05, 0.1) is 13.2 Å². The first kappa shape index (κ1) is 11.9. The van der Waals surface area contributed by atoms with Crippen LogP contribution in [0.2, 0.25) is 0 Å². The van der Waals surface area contributed by atoms with Crippen molar-refractivity contribution in [2.45, 2.75) is 19.3 Å². The molecule has 0 radical (unpaired) electrons. The number of hydrogen-bond acceptors (Lipinski definition) is 2. The zero-order valence-corrected chi connectivity index (χ0v) is 9.00. The molecule has 84 valence electrons. The molecule has 1 fully saturated rings. The van der Waals surface area contributed by atoms with Crippen LogP contribution >= 0.6 is 0 Å². The van der Waals surface area contributed by atoms with Gasteiger partial charge in [-0.1, -0.05) is 0 Å². The summed E-state index contributed by atoms with van der Waals surface area (Å²) >= 11 is 0. The summed E-state index contributed by atoms with van der Waals surface area (Å²) in [5.41, 5.74) is 0. The zero-order valence-electron chi connectivity index (χ0n) is 9.00. The number of nitrogens with zero attached hydrogens (tertiary/aromatic N) is 1. The third kappa shape index (κ3) is 4.71. The summed E-state index contributed by atoms with van der Waals surface area (Å²) in [5, 5.41) is 2.87. The average molecular weight is 210 g/mol. The number of hydrogen-bond donors (Lipinski definition) is 1. The Hall–Kier alpha value is -1.21. The smallest absolute Gasteiger partial charge is 0.317 e. The van der Waals surface area contributed by atoms with Gasteiger partial charge in [-0.25, -0.2) is 4.79 Å². The maximum atomic E-state index is 11.5. The Kier molecular flexibility index (Phi) is 5.64. The molecule has 15 heavy (non-hydrogen) atoms. The van der Waals surface area contributed by atoms with Crippen molar-refractivity contribution in [1.29, 1.82) is 0 Å². The van der Waals surface area contributed by atoms with Crippen molar-refractivity contribution in [2.75, 3.05) is 32.8 Å². The third-order valence-corrected chi connectivity index (χ3v) is 2.32. The van der Waals surface area contributed by atoms with Gasteiger partial charge in [0.15, 0.2) is 0 Å². The molecule has 0 bridgehead atoms. The van der Waals surface area contributed by atoms with E-state index in [4.69, 9.17) is 11.2 Å². The van der Waals surface area contributed by atoms with Crippen LogP contribution < -0.4 is 5.32 Å². The van der Waals surface area contributed by atoms with Crippen molar-refractivity contribution in [3.05, 3.63) is 0 Å². The van der Waals surface area contributed by atoms with E-state index in [9.17, 15) is 4.79 Å². The van der Waals surface area contributed by atoms with Crippen LogP contribution in [0.5, 0.6) is 0 Å². The molecule has 1 saturated heterocycles. The number of amides is 2. The van der Waals surface area contributed by atoms with Crippen molar-refractivity contribution in [3.63, 3.8) is 0 Å². The standard InChI is InChI=1S/C11H18N2O2/c1-2-3-4-5-6-12-11(14)13-7-9-15-10-8-13/h1H,3-10H2,(H,12,14). The molecule has 1 rings (SSSR count). The fraction of sp³-hybridized carbons (Fsp3) is 0.727. The molecule has 0 aromatic heterocycles. The molecule has 0 saturated carbocycles. The van der Waals surface area contributed by atoms with E-state index >= 15 is 0 Å².